The second kappa shape index (κ2) is 1.94. The molecule has 0 radical (unpaired) electrons. The first-order valence-electron chi connectivity index (χ1n) is 4.08. The average Bonchev–Trinajstić information content (AvgIpc) is 2.02. The molecule has 0 N–H and O–H groups in total. The lowest BCUT2D eigenvalue weighted by Crippen LogP contribution is -2.25. The van der Waals surface area contributed by atoms with Crippen LogP contribution in [0.4, 0.5) is 0 Å². The summed E-state index contributed by atoms with van der Waals surface area (Å²) in [4.78, 5) is 4.59. The molecule has 3 atom stereocenters. The molecule has 1 heterocycles. The molecule has 54 valence electrons. The van der Waals surface area contributed by atoms with Gasteiger partial charge in [-0.05, 0) is 13.3 Å². The fourth-order valence-corrected chi connectivity index (χ4v) is 1.91. The van der Waals surface area contributed by atoms with Crippen LogP contribution in [0.1, 0.15) is 20.3 Å². The first-order valence-corrected chi connectivity index (χ1v) is 4.08. The van der Waals surface area contributed by atoms with Crippen LogP contribution in [-0.2, 0) is 0 Å². The number of hydrogen-bond acceptors (Lipinski definition) is 1. The van der Waals surface area contributed by atoms with Crippen LogP contribution >= 0.6 is 0 Å². The maximum Gasteiger partial charge on any atom is 0.0543 e. The van der Waals surface area contributed by atoms with E-state index in [9.17, 15) is 0 Å². The Morgan fingerprint density at radius 2 is 2.30 bits per heavy atom. The van der Waals surface area contributed by atoms with Gasteiger partial charge in [0.1, 0.15) is 0 Å². The zero-order valence-electron chi connectivity index (χ0n) is 6.54. The fourth-order valence-electron chi connectivity index (χ4n) is 1.91. The van der Waals surface area contributed by atoms with E-state index in [0.717, 1.165) is 18.3 Å². The lowest BCUT2D eigenvalue weighted by Gasteiger charge is -2.24. The van der Waals surface area contributed by atoms with Crippen LogP contribution in [0, 0.1) is 11.8 Å². The third kappa shape index (κ3) is 0.606. The second-order valence-electron chi connectivity index (χ2n) is 3.20. The van der Waals surface area contributed by atoms with Crippen LogP contribution in [0.15, 0.2) is 17.1 Å². The Bertz CT molecular complexity index is 203. The Labute approximate surface area is 61.9 Å². The van der Waals surface area contributed by atoms with E-state index in [1.165, 1.54) is 5.71 Å². The van der Waals surface area contributed by atoms with Crippen LogP contribution in [-0.4, -0.2) is 11.8 Å². The van der Waals surface area contributed by atoms with Gasteiger partial charge in [-0.1, -0.05) is 19.1 Å². The van der Waals surface area contributed by atoms with Crippen LogP contribution in [0.5, 0.6) is 0 Å². The molecule has 0 aromatic rings. The SMILES string of the molecule is CCC1=NC(C)[C@@H]2C=C[C@H]12. The highest BCUT2D eigenvalue weighted by molar-refractivity contribution is 5.91. The average molecular weight is 135 g/mol. The summed E-state index contributed by atoms with van der Waals surface area (Å²) in [6.07, 6.45) is 5.72. The number of hydrogen-bond donors (Lipinski definition) is 0. The van der Waals surface area contributed by atoms with Crippen molar-refractivity contribution in [2.45, 2.75) is 26.3 Å². The maximum atomic E-state index is 4.59. The van der Waals surface area contributed by atoms with Gasteiger partial charge in [0.25, 0.3) is 0 Å². The molecular weight excluding hydrogens is 122 g/mol. The van der Waals surface area contributed by atoms with Crippen LogP contribution in [0.3, 0.4) is 0 Å². The van der Waals surface area contributed by atoms with E-state index >= 15 is 0 Å². The van der Waals surface area contributed by atoms with Crippen molar-refractivity contribution in [2.24, 2.45) is 16.8 Å². The lowest BCUT2D eigenvalue weighted by molar-refractivity contribution is 0.489. The zero-order valence-corrected chi connectivity index (χ0v) is 6.54. The van der Waals surface area contributed by atoms with Crippen molar-refractivity contribution in [1.82, 2.24) is 0 Å². The minimum atomic E-state index is 0.560. The first-order chi connectivity index (χ1) is 4.83. The van der Waals surface area contributed by atoms with Crippen LogP contribution < -0.4 is 0 Å². The molecule has 1 aliphatic carbocycles. The molecule has 10 heavy (non-hydrogen) atoms. The van der Waals surface area contributed by atoms with E-state index in [4.69, 9.17) is 0 Å². The van der Waals surface area contributed by atoms with Crippen molar-refractivity contribution in [3.8, 4) is 0 Å². The van der Waals surface area contributed by atoms with E-state index < -0.39 is 0 Å². The van der Waals surface area contributed by atoms with Gasteiger partial charge in [0.15, 0.2) is 0 Å². The van der Waals surface area contributed by atoms with E-state index in [-0.39, 0.29) is 0 Å². The molecule has 0 aromatic heterocycles. The molecular formula is C9H13N. The number of rotatable bonds is 1. The van der Waals surface area contributed by atoms with Crippen molar-refractivity contribution in [1.29, 1.82) is 0 Å². The predicted octanol–water partition coefficient (Wildman–Crippen LogP) is 2.04. The van der Waals surface area contributed by atoms with Gasteiger partial charge < -0.3 is 0 Å². The van der Waals surface area contributed by atoms with E-state index in [2.05, 4.69) is 31.0 Å². The van der Waals surface area contributed by atoms with Gasteiger partial charge in [-0.25, -0.2) is 0 Å². The number of allylic oxidation sites excluding steroid dienone is 1. The Morgan fingerprint density at radius 1 is 1.50 bits per heavy atom. The Kier molecular flexibility index (Phi) is 1.19. The third-order valence-corrected chi connectivity index (χ3v) is 2.63. The molecule has 0 saturated carbocycles. The van der Waals surface area contributed by atoms with E-state index in [0.29, 0.717) is 6.04 Å². The van der Waals surface area contributed by atoms with Crippen LogP contribution in [0.2, 0.25) is 0 Å². The summed E-state index contributed by atoms with van der Waals surface area (Å²) < 4.78 is 0. The quantitative estimate of drug-likeness (QED) is 0.488. The summed E-state index contributed by atoms with van der Waals surface area (Å²) in [6.45, 7) is 4.41. The van der Waals surface area contributed by atoms with E-state index in [1.807, 2.05) is 0 Å². The number of nitrogens with zero attached hydrogens (tertiary/aromatic N) is 1. The Hall–Kier alpha value is -0.590. The minimum absolute atomic E-state index is 0.560. The normalized spacial score (nSPS) is 42.6. The fraction of sp³-hybridized carbons (Fsp3) is 0.667. The zero-order chi connectivity index (χ0) is 7.14. The number of aliphatic imine (C=N–C) groups is 1. The lowest BCUT2D eigenvalue weighted by atomic mass is 9.78. The molecule has 1 unspecified atom stereocenters. The molecule has 1 nitrogen and oxygen atoms in total. The molecule has 0 fully saturated rings. The standard InChI is InChI=1S/C9H13N/c1-3-9-8-5-4-7(8)6(2)10-9/h4-8H,3H2,1-2H3/t6?,7-,8-/m0/s1. The highest BCUT2D eigenvalue weighted by Crippen LogP contribution is 2.37. The summed E-state index contributed by atoms with van der Waals surface area (Å²) in [5, 5.41) is 0. The van der Waals surface area contributed by atoms with Gasteiger partial charge in [0.05, 0.1) is 6.04 Å². The van der Waals surface area contributed by atoms with Gasteiger partial charge in [0.2, 0.25) is 0 Å². The largest absolute Gasteiger partial charge is 0.290 e. The van der Waals surface area contributed by atoms with Crippen molar-refractivity contribution >= 4 is 5.71 Å². The van der Waals surface area contributed by atoms with Crippen molar-refractivity contribution < 1.29 is 0 Å². The summed E-state index contributed by atoms with van der Waals surface area (Å²) in [5.74, 6) is 1.48. The second-order valence-corrected chi connectivity index (χ2v) is 3.20. The summed E-state index contributed by atoms with van der Waals surface area (Å²) in [7, 11) is 0. The first kappa shape index (κ1) is 6.14. The molecule has 0 saturated heterocycles. The predicted molar refractivity (Wildman–Crippen MR) is 43.3 cm³/mol. The Balaban J connectivity index is 2.22. The highest BCUT2D eigenvalue weighted by atomic mass is 14.9. The summed E-state index contributed by atoms with van der Waals surface area (Å²) in [6, 6.07) is 0.560. The topological polar surface area (TPSA) is 12.4 Å². The van der Waals surface area contributed by atoms with Crippen molar-refractivity contribution in [2.75, 3.05) is 0 Å². The Morgan fingerprint density at radius 3 is 2.60 bits per heavy atom. The van der Waals surface area contributed by atoms with Gasteiger partial charge >= 0.3 is 0 Å². The van der Waals surface area contributed by atoms with E-state index in [1.54, 1.807) is 0 Å². The molecule has 0 amide bonds. The highest BCUT2D eigenvalue weighted by Gasteiger charge is 2.36. The monoisotopic (exact) mass is 135 g/mol. The van der Waals surface area contributed by atoms with Crippen LogP contribution in [0.25, 0.3) is 0 Å². The van der Waals surface area contributed by atoms with Gasteiger partial charge in [-0.2, -0.15) is 0 Å². The maximum absolute atomic E-state index is 4.59. The summed E-state index contributed by atoms with van der Waals surface area (Å²) in [5.41, 5.74) is 1.42. The smallest absolute Gasteiger partial charge is 0.0543 e. The number of fused-ring (bicyclic) bond motifs is 1. The minimum Gasteiger partial charge on any atom is -0.290 e. The third-order valence-electron chi connectivity index (χ3n) is 2.63. The molecule has 0 spiro atoms. The summed E-state index contributed by atoms with van der Waals surface area (Å²) >= 11 is 0. The molecule has 1 heteroatoms. The molecule has 2 rings (SSSR count). The van der Waals surface area contributed by atoms with Gasteiger partial charge in [0, 0.05) is 17.5 Å². The van der Waals surface area contributed by atoms with Crippen molar-refractivity contribution in [3.63, 3.8) is 0 Å². The molecule has 2 aliphatic rings. The van der Waals surface area contributed by atoms with Gasteiger partial charge in [-0.3, -0.25) is 4.99 Å². The van der Waals surface area contributed by atoms with Gasteiger partial charge in [-0.15, -0.1) is 0 Å². The molecule has 0 aromatic carbocycles. The molecule has 0 bridgehead atoms. The molecule has 1 aliphatic heterocycles. The van der Waals surface area contributed by atoms with Crippen molar-refractivity contribution in [3.05, 3.63) is 12.2 Å².